The highest BCUT2D eigenvalue weighted by Gasteiger charge is 2.19. The van der Waals surface area contributed by atoms with Gasteiger partial charge in [0.1, 0.15) is 0 Å². The van der Waals surface area contributed by atoms with E-state index in [1.807, 2.05) is 0 Å². The van der Waals surface area contributed by atoms with E-state index in [4.69, 9.17) is 0 Å². The quantitative estimate of drug-likeness (QED) is 0.357. The molecule has 120 valence electrons. The molecule has 3 nitrogen and oxygen atoms in total. The maximum atomic E-state index is 9.69. The van der Waals surface area contributed by atoms with E-state index in [2.05, 4.69) is 65.8 Å². The van der Waals surface area contributed by atoms with Crippen molar-refractivity contribution in [2.75, 3.05) is 0 Å². The van der Waals surface area contributed by atoms with Crippen LogP contribution in [0, 0.1) is 5.92 Å². The van der Waals surface area contributed by atoms with Crippen molar-refractivity contribution in [2.45, 2.75) is 32.6 Å². The fourth-order valence-corrected chi connectivity index (χ4v) is 3.13. The van der Waals surface area contributed by atoms with E-state index in [-0.39, 0.29) is 0 Å². The van der Waals surface area contributed by atoms with Gasteiger partial charge in [0, 0.05) is 13.6 Å². The van der Waals surface area contributed by atoms with E-state index < -0.39 is 5.97 Å². The van der Waals surface area contributed by atoms with Gasteiger partial charge in [-0.3, -0.25) is 0 Å². The fraction of sp³-hybridized carbons (Fsp3) is 0.300. The molecule has 0 spiro atoms. The molecule has 1 unspecified atom stereocenters. The molecule has 0 saturated carbocycles. The summed E-state index contributed by atoms with van der Waals surface area (Å²) < 4.78 is 0. The summed E-state index contributed by atoms with van der Waals surface area (Å²) in [4.78, 5) is 13.6. The molecule has 0 bridgehead atoms. The molecule has 0 heterocycles. The van der Waals surface area contributed by atoms with Crippen molar-refractivity contribution < 1.29 is 9.63 Å². The molecule has 0 aromatic heterocycles. The molecule has 2 aromatic carbocycles. The van der Waals surface area contributed by atoms with Crippen LogP contribution in [0.4, 0.5) is 0 Å². The number of carbonyl (C=O) groups is 1. The highest BCUT2D eigenvalue weighted by Crippen LogP contribution is 2.32. The lowest BCUT2D eigenvalue weighted by molar-refractivity contribution is -0.140. The zero-order valence-corrected chi connectivity index (χ0v) is 13.6. The number of fused-ring (bicyclic) bond motifs is 3. The zero-order chi connectivity index (χ0) is 16.7. The monoisotopic (exact) mass is 309 g/mol. The summed E-state index contributed by atoms with van der Waals surface area (Å²) in [6, 6.07) is 13.3. The third-order valence-corrected chi connectivity index (χ3v) is 4.15. The molecule has 0 saturated heterocycles. The average Bonchev–Trinajstić information content (AvgIpc) is 2.55. The van der Waals surface area contributed by atoms with Crippen molar-refractivity contribution in [1.82, 2.24) is 0 Å². The minimum atomic E-state index is -0.440. The van der Waals surface area contributed by atoms with Crippen LogP contribution in [0.5, 0.6) is 0 Å². The van der Waals surface area contributed by atoms with E-state index in [0.717, 1.165) is 12.3 Å². The van der Waals surface area contributed by atoms with Crippen molar-refractivity contribution in [3.05, 3.63) is 60.2 Å². The van der Waals surface area contributed by atoms with Gasteiger partial charge in [-0.2, -0.15) is 0 Å². The molecular weight excluding hydrogens is 286 g/mol. The van der Waals surface area contributed by atoms with Crippen molar-refractivity contribution in [2.24, 2.45) is 11.1 Å². The molecule has 3 rings (SSSR count). The first-order valence-corrected chi connectivity index (χ1v) is 7.89. The van der Waals surface area contributed by atoms with Crippen LogP contribution in [-0.2, 0) is 22.5 Å². The number of oxime groups is 1. The number of benzene rings is 2. The van der Waals surface area contributed by atoms with Crippen LogP contribution < -0.4 is 0 Å². The summed E-state index contributed by atoms with van der Waals surface area (Å²) in [6.07, 6.45) is 7.00. The number of nitrogens with zero attached hydrogens (tertiary/aromatic N) is 1. The summed E-state index contributed by atoms with van der Waals surface area (Å²) in [5.41, 5.74) is 3.14. The van der Waals surface area contributed by atoms with Gasteiger partial charge in [0.05, 0.1) is 0 Å². The number of hydrogen-bond donors (Lipinski definition) is 0. The number of carbonyl (C=O) groups excluding carboxylic acids is 1. The lowest BCUT2D eigenvalue weighted by atomic mass is 9.80. The van der Waals surface area contributed by atoms with Crippen molar-refractivity contribution in [1.29, 1.82) is 0 Å². The van der Waals surface area contributed by atoms with Crippen LogP contribution in [0.15, 0.2) is 54.2 Å². The number of hydrogen-bond acceptors (Lipinski definition) is 3. The summed E-state index contributed by atoms with van der Waals surface area (Å²) >= 11 is 0. The lowest BCUT2D eigenvalue weighted by Gasteiger charge is -2.25. The second-order valence-electron chi connectivity index (χ2n) is 5.77. The Kier molecular flexibility index (Phi) is 6.10. The van der Waals surface area contributed by atoms with Gasteiger partial charge < -0.3 is 4.84 Å². The SMILES string of the molecule is C=CCC1CCc2ccc3ccccc3c2C1.C=NOC(C)=O. The third kappa shape index (κ3) is 4.52. The second-order valence-corrected chi connectivity index (χ2v) is 5.77. The van der Waals surface area contributed by atoms with Gasteiger partial charge in [0.25, 0.3) is 0 Å². The second kappa shape index (κ2) is 8.28. The zero-order valence-electron chi connectivity index (χ0n) is 13.6. The fourth-order valence-electron chi connectivity index (χ4n) is 3.13. The van der Waals surface area contributed by atoms with Gasteiger partial charge in [-0.25, -0.2) is 4.79 Å². The minimum Gasteiger partial charge on any atom is -0.319 e. The van der Waals surface area contributed by atoms with E-state index in [1.54, 1.807) is 11.1 Å². The van der Waals surface area contributed by atoms with Crippen molar-refractivity contribution >= 4 is 23.5 Å². The predicted octanol–water partition coefficient (Wildman–Crippen LogP) is 4.69. The third-order valence-electron chi connectivity index (χ3n) is 4.15. The Bertz CT molecular complexity index is 706. The molecule has 0 aliphatic heterocycles. The van der Waals surface area contributed by atoms with Crippen molar-refractivity contribution in [3.63, 3.8) is 0 Å². The molecule has 23 heavy (non-hydrogen) atoms. The van der Waals surface area contributed by atoms with Crippen LogP contribution >= 0.6 is 0 Å². The predicted molar refractivity (Wildman–Crippen MR) is 95.6 cm³/mol. The molecule has 2 aromatic rings. The van der Waals surface area contributed by atoms with Gasteiger partial charge in [-0.05, 0) is 53.5 Å². The topological polar surface area (TPSA) is 38.7 Å². The normalized spacial score (nSPS) is 15.8. The van der Waals surface area contributed by atoms with Crippen LogP contribution in [0.25, 0.3) is 10.8 Å². The summed E-state index contributed by atoms with van der Waals surface area (Å²) in [5.74, 6) is 0.357. The van der Waals surface area contributed by atoms with Crippen LogP contribution in [0.2, 0.25) is 0 Å². The smallest absolute Gasteiger partial charge is 0.319 e. The van der Waals surface area contributed by atoms with Gasteiger partial charge in [-0.15, -0.1) is 6.58 Å². The molecule has 1 aliphatic carbocycles. The molecule has 3 heteroatoms. The summed E-state index contributed by atoms with van der Waals surface area (Å²) in [6.45, 7) is 8.04. The molecule has 0 N–H and O–H groups in total. The van der Waals surface area contributed by atoms with E-state index >= 15 is 0 Å². The molecular formula is C20H23NO2. The van der Waals surface area contributed by atoms with Crippen LogP contribution in [-0.4, -0.2) is 12.7 Å². The number of rotatable bonds is 3. The lowest BCUT2D eigenvalue weighted by Crippen LogP contribution is -2.13. The average molecular weight is 309 g/mol. The first-order valence-electron chi connectivity index (χ1n) is 7.89. The molecule has 1 atom stereocenters. The summed E-state index contributed by atoms with van der Waals surface area (Å²) in [5, 5.41) is 5.67. The van der Waals surface area contributed by atoms with Crippen molar-refractivity contribution in [3.8, 4) is 0 Å². The molecule has 1 aliphatic rings. The minimum absolute atomic E-state index is 0.440. The Morgan fingerprint density at radius 3 is 2.78 bits per heavy atom. The highest BCUT2D eigenvalue weighted by atomic mass is 16.7. The van der Waals surface area contributed by atoms with E-state index in [9.17, 15) is 4.79 Å². The first kappa shape index (κ1) is 16.9. The largest absolute Gasteiger partial charge is 0.331 e. The highest BCUT2D eigenvalue weighted by molar-refractivity contribution is 5.87. The standard InChI is InChI=1S/C17H18.C3H5NO2/c1-2-5-13-8-9-15-11-10-14-6-3-4-7-16(14)17(15)12-13;1-3(5)6-4-2/h2-4,6-7,10-11,13H,1,5,8-9,12H2;2H2,1H3. The molecule has 0 radical (unpaired) electrons. The first-order chi connectivity index (χ1) is 11.2. The van der Waals surface area contributed by atoms with Gasteiger partial charge in [0.15, 0.2) is 0 Å². The molecule has 0 fully saturated rings. The Morgan fingerprint density at radius 2 is 2.13 bits per heavy atom. The Morgan fingerprint density at radius 1 is 1.35 bits per heavy atom. The number of aryl methyl sites for hydroxylation is 1. The maximum absolute atomic E-state index is 9.69. The Hall–Kier alpha value is -2.42. The Labute approximate surface area is 137 Å². The van der Waals surface area contributed by atoms with Gasteiger partial charge >= 0.3 is 5.97 Å². The maximum Gasteiger partial charge on any atom is 0.331 e. The number of allylic oxidation sites excluding steroid dienone is 1. The van der Waals surface area contributed by atoms with Crippen LogP contribution in [0.3, 0.4) is 0 Å². The summed E-state index contributed by atoms with van der Waals surface area (Å²) in [7, 11) is 0. The molecule has 0 amide bonds. The van der Waals surface area contributed by atoms with E-state index in [0.29, 0.717) is 0 Å². The Balaban J connectivity index is 0.000000277. The van der Waals surface area contributed by atoms with Crippen LogP contribution in [0.1, 0.15) is 30.9 Å². The van der Waals surface area contributed by atoms with Gasteiger partial charge in [0.2, 0.25) is 0 Å². The van der Waals surface area contributed by atoms with E-state index in [1.165, 1.54) is 37.0 Å². The van der Waals surface area contributed by atoms with Gasteiger partial charge in [-0.1, -0.05) is 47.6 Å².